The molecule has 1 rings (SSSR count). The van der Waals surface area contributed by atoms with Crippen LogP contribution >= 0.6 is 11.8 Å². The molecule has 6 heteroatoms. The number of aliphatic hydroxyl groups excluding tert-OH is 1. The van der Waals surface area contributed by atoms with E-state index in [0.717, 1.165) is 17.9 Å². The maximum Gasteiger partial charge on any atom is 0.241 e. The number of aliphatic hydroxyl groups is 1. The first-order chi connectivity index (χ1) is 9.01. The van der Waals surface area contributed by atoms with Gasteiger partial charge in [-0.15, -0.1) is 0 Å². The molecule has 0 aromatic heterocycles. The summed E-state index contributed by atoms with van der Waals surface area (Å²) in [4.78, 5) is 0.160. The Bertz CT molecular complexity index is 488. The third-order valence-corrected chi connectivity index (χ3v) is 5.31. The van der Waals surface area contributed by atoms with Crippen LogP contribution in [-0.2, 0) is 16.6 Å². The maximum atomic E-state index is 12.2. The minimum absolute atomic E-state index is 0.115. The Morgan fingerprint density at radius 2 is 2.05 bits per heavy atom. The average Bonchev–Trinajstić information content (AvgIpc) is 2.38. The molecule has 0 amide bonds. The first-order valence-electron chi connectivity index (χ1n) is 6.30. The number of benzene rings is 1. The largest absolute Gasteiger partial charge is 0.392 e. The van der Waals surface area contributed by atoms with Crippen LogP contribution in [0.1, 0.15) is 25.8 Å². The molecule has 0 aliphatic heterocycles. The number of rotatable bonds is 8. The van der Waals surface area contributed by atoms with Crippen molar-refractivity contribution in [3.63, 3.8) is 0 Å². The van der Waals surface area contributed by atoms with Gasteiger partial charge >= 0.3 is 0 Å². The maximum absolute atomic E-state index is 12.2. The van der Waals surface area contributed by atoms with Crippen LogP contribution < -0.4 is 4.72 Å². The first kappa shape index (κ1) is 16.5. The standard InChI is InChI=1S/C13H21NO3S2/c1-3-18-9-8-11(2)14-19(16,17)13-7-5-4-6-12(13)10-15/h4-7,11,14-15H,3,8-10H2,1-2H3. The Balaban J connectivity index is 2.75. The summed E-state index contributed by atoms with van der Waals surface area (Å²) in [5.74, 6) is 1.97. The Hall–Kier alpha value is -0.560. The second kappa shape index (κ2) is 7.89. The van der Waals surface area contributed by atoms with Crippen LogP contribution in [-0.4, -0.2) is 31.1 Å². The van der Waals surface area contributed by atoms with Crippen LogP contribution in [0.2, 0.25) is 0 Å². The molecule has 0 aliphatic carbocycles. The van der Waals surface area contributed by atoms with Gasteiger partial charge in [0.15, 0.2) is 0 Å². The van der Waals surface area contributed by atoms with Crippen LogP contribution in [0, 0.1) is 0 Å². The van der Waals surface area contributed by atoms with E-state index in [2.05, 4.69) is 11.6 Å². The molecule has 108 valence electrons. The number of nitrogens with one attached hydrogen (secondary N) is 1. The van der Waals surface area contributed by atoms with Gasteiger partial charge in [0.1, 0.15) is 0 Å². The molecule has 4 nitrogen and oxygen atoms in total. The SMILES string of the molecule is CCSCCC(C)NS(=O)(=O)c1ccccc1CO. The van der Waals surface area contributed by atoms with Crippen LogP contribution in [0.25, 0.3) is 0 Å². The smallest absolute Gasteiger partial charge is 0.241 e. The van der Waals surface area contributed by atoms with Crippen molar-refractivity contribution in [2.75, 3.05) is 11.5 Å². The molecule has 0 heterocycles. The molecule has 19 heavy (non-hydrogen) atoms. The van der Waals surface area contributed by atoms with Crippen molar-refractivity contribution in [3.8, 4) is 0 Å². The topological polar surface area (TPSA) is 66.4 Å². The second-order valence-corrected chi connectivity index (χ2v) is 7.35. The summed E-state index contributed by atoms with van der Waals surface area (Å²) in [6.07, 6.45) is 0.791. The zero-order valence-corrected chi connectivity index (χ0v) is 12.9. The van der Waals surface area contributed by atoms with E-state index in [1.165, 1.54) is 6.07 Å². The number of hydrogen-bond donors (Lipinski definition) is 2. The summed E-state index contributed by atoms with van der Waals surface area (Å²) >= 11 is 1.79. The van der Waals surface area contributed by atoms with E-state index in [1.807, 2.05) is 6.92 Å². The van der Waals surface area contributed by atoms with E-state index in [1.54, 1.807) is 30.0 Å². The fraction of sp³-hybridized carbons (Fsp3) is 0.538. The summed E-state index contributed by atoms with van der Waals surface area (Å²) in [5, 5.41) is 9.19. The van der Waals surface area contributed by atoms with Gasteiger partial charge in [0.25, 0.3) is 0 Å². The lowest BCUT2D eigenvalue weighted by Crippen LogP contribution is -2.33. The van der Waals surface area contributed by atoms with E-state index in [0.29, 0.717) is 5.56 Å². The third kappa shape index (κ3) is 5.14. The average molecular weight is 303 g/mol. The van der Waals surface area contributed by atoms with Gasteiger partial charge in [-0.05, 0) is 36.5 Å². The third-order valence-electron chi connectivity index (χ3n) is 2.69. The molecule has 0 spiro atoms. The summed E-state index contributed by atoms with van der Waals surface area (Å²) in [7, 11) is -3.56. The lowest BCUT2D eigenvalue weighted by Gasteiger charge is -2.15. The molecule has 0 bridgehead atoms. The molecule has 0 radical (unpaired) electrons. The van der Waals surface area contributed by atoms with Crippen LogP contribution in [0.3, 0.4) is 0 Å². The molecule has 1 aromatic rings. The van der Waals surface area contributed by atoms with E-state index < -0.39 is 10.0 Å². The first-order valence-corrected chi connectivity index (χ1v) is 8.94. The fourth-order valence-corrected chi connectivity index (χ4v) is 4.01. The van der Waals surface area contributed by atoms with Gasteiger partial charge in [0.2, 0.25) is 10.0 Å². The lowest BCUT2D eigenvalue weighted by atomic mass is 10.2. The molecular formula is C13H21NO3S2. The molecule has 2 N–H and O–H groups in total. The van der Waals surface area contributed by atoms with Crippen molar-refractivity contribution in [1.29, 1.82) is 0 Å². The zero-order chi connectivity index (χ0) is 14.3. The van der Waals surface area contributed by atoms with Gasteiger partial charge in [-0.1, -0.05) is 25.1 Å². The number of hydrogen-bond acceptors (Lipinski definition) is 4. The molecule has 1 unspecified atom stereocenters. The quantitative estimate of drug-likeness (QED) is 0.721. The predicted molar refractivity (Wildman–Crippen MR) is 79.8 cm³/mol. The Morgan fingerprint density at radius 1 is 1.37 bits per heavy atom. The normalized spacial score (nSPS) is 13.4. The summed E-state index contributed by atoms with van der Waals surface area (Å²) < 4.78 is 27.1. The molecule has 0 saturated carbocycles. The Labute approximate surface area is 119 Å². The van der Waals surface area contributed by atoms with Gasteiger partial charge < -0.3 is 5.11 Å². The number of sulfonamides is 1. The summed E-state index contributed by atoms with van der Waals surface area (Å²) in [6, 6.07) is 6.39. The number of thioether (sulfide) groups is 1. The van der Waals surface area contributed by atoms with Crippen LogP contribution in [0.4, 0.5) is 0 Å². The molecular weight excluding hydrogens is 282 g/mol. The minimum Gasteiger partial charge on any atom is -0.392 e. The van der Waals surface area contributed by atoms with Crippen LogP contribution in [0.15, 0.2) is 29.2 Å². The van der Waals surface area contributed by atoms with E-state index >= 15 is 0 Å². The highest BCUT2D eigenvalue weighted by Crippen LogP contribution is 2.16. The molecule has 0 fully saturated rings. The highest BCUT2D eigenvalue weighted by atomic mass is 32.2. The van der Waals surface area contributed by atoms with Crippen molar-refractivity contribution in [2.24, 2.45) is 0 Å². The summed E-state index contributed by atoms with van der Waals surface area (Å²) in [6.45, 7) is 3.66. The van der Waals surface area contributed by atoms with E-state index in [4.69, 9.17) is 0 Å². The van der Waals surface area contributed by atoms with Gasteiger partial charge in [-0.25, -0.2) is 13.1 Å². The Kier molecular flexibility index (Phi) is 6.85. The molecule has 0 aliphatic rings. The van der Waals surface area contributed by atoms with Crippen molar-refractivity contribution in [1.82, 2.24) is 4.72 Å². The van der Waals surface area contributed by atoms with Gasteiger partial charge in [-0.3, -0.25) is 0 Å². The van der Waals surface area contributed by atoms with Gasteiger partial charge in [-0.2, -0.15) is 11.8 Å². The summed E-state index contributed by atoms with van der Waals surface area (Å²) in [5.41, 5.74) is 0.421. The van der Waals surface area contributed by atoms with Crippen molar-refractivity contribution >= 4 is 21.8 Å². The van der Waals surface area contributed by atoms with E-state index in [-0.39, 0.29) is 17.5 Å². The lowest BCUT2D eigenvalue weighted by molar-refractivity contribution is 0.278. The molecule has 1 aromatic carbocycles. The predicted octanol–water partition coefficient (Wildman–Crippen LogP) is 1.99. The fourth-order valence-electron chi connectivity index (χ4n) is 1.69. The van der Waals surface area contributed by atoms with Crippen molar-refractivity contribution in [3.05, 3.63) is 29.8 Å². The zero-order valence-electron chi connectivity index (χ0n) is 11.3. The van der Waals surface area contributed by atoms with Crippen molar-refractivity contribution in [2.45, 2.75) is 37.8 Å². The molecule has 1 atom stereocenters. The Morgan fingerprint density at radius 3 is 2.68 bits per heavy atom. The second-order valence-electron chi connectivity index (χ2n) is 4.27. The highest BCUT2D eigenvalue weighted by molar-refractivity contribution is 7.99. The monoisotopic (exact) mass is 303 g/mol. The molecule has 0 saturated heterocycles. The van der Waals surface area contributed by atoms with Crippen molar-refractivity contribution < 1.29 is 13.5 Å². The van der Waals surface area contributed by atoms with Gasteiger partial charge in [0.05, 0.1) is 11.5 Å². The highest BCUT2D eigenvalue weighted by Gasteiger charge is 2.19. The van der Waals surface area contributed by atoms with E-state index in [9.17, 15) is 13.5 Å². The van der Waals surface area contributed by atoms with Crippen LogP contribution in [0.5, 0.6) is 0 Å². The van der Waals surface area contributed by atoms with Gasteiger partial charge in [0, 0.05) is 6.04 Å². The minimum atomic E-state index is -3.56.